The Balaban J connectivity index is 2.17. The van der Waals surface area contributed by atoms with Crippen LogP contribution in [0.5, 0.6) is 0 Å². The predicted molar refractivity (Wildman–Crippen MR) is 87.3 cm³/mol. The van der Waals surface area contributed by atoms with Crippen molar-refractivity contribution in [2.24, 2.45) is 7.05 Å². The molecule has 1 heterocycles. The normalized spacial score (nSPS) is 11.9. The number of esters is 1. The third-order valence-electron chi connectivity index (χ3n) is 3.67. The van der Waals surface area contributed by atoms with Crippen LogP contribution in [0.25, 0.3) is 0 Å². The van der Waals surface area contributed by atoms with Gasteiger partial charge in [-0.3, -0.25) is 9.48 Å². The summed E-state index contributed by atoms with van der Waals surface area (Å²) in [6.07, 6.45) is -0.435. The van der Waals surface area contributed by atoms with Crippen LogP contribution in [0.2, 0.25) is 0 Å². The van der Waals surface area contributed by atoms with E-state index in [2.05, 4.69) is 10.4 Å². The zero-order valence-corrected chi connectivity index (χ0v) is 14.0. The van der Waals surface area contributed by atoms with Crippen LogP contribution in [0.3, 0.4) is 0 Å². The van der Waals surface area contributed by atoms with Crippen LogP contribution in [0, 0.1) is 13.8 Å². The molecule has 0 aliphatic heterocycles. The number of benzene rings is 1. The van der Waals surface area contributed by atoms with Gasteiger partial charge in [0.2, 0.25) is 5.91 Å². The van der Waals surface area contributed by atoms with Crippen LogP contribution in [0.1, 0.15) is 47.3 Å². The van der Waals surface area contributed by atoms with Crippen molar-refractivity contribution < 1.29 is 14.3 Å². The lowest BCUT2D eigenvalue weighted by atomic mass is 10.1. The van der Waals surface area contributed by atoms with Gasteiger partial charge in [0.1, 0.15) is 11.7 Å². The van der Waals surface area contributed by atoms with Gasteiger partial charge in [-0.1, -0.05) is 12.1 Å². The lowest BCUT2D eigenvalue weighted by molar-refractivity contribution is -0.114. The highest BCUT2D eigenvalue weighted by atomic mass is 16.5. The van der Waals surface area contributed by atoms with Gasteiger partial charge in [-0.15, -0.1) is 0 Å². The topological polar surface area (TPSA) is 73.2 Å². The molecule has 0 aliphatic carbocycles. The third kappa shape index (κ3) is 3.77. The molecule has 0 bridgehead atoms. The molecule has 0 fully saturated rings. The van der Waals surface area contributed by atoms with Gasteiger partial charge in [0.25, 0.3) is 0 Å². The Kier molecular flexibility index (Phi) is 4.83. The van der Waals surface area contributed by atoms with Crippen molar-refractivity contribution in [2.45, 2.75) is 33.8 Å². The number of nitrogens with one attached hydrogen (secondary N) is 1. The summed E-state index contributed by atoms with van der Waals surface area (Å²) in [7, 11) is 1.79. The minimum Gasteiger partial charge on any atom is -0.454 e. The minimum absolute atomic E-state index is 0.145. The first kappa shape index (κ1) is 16.7. The molecule has 1 aromatic carbocycles. The van der Waals surface area contributed by atoms with Crippen LogP contribution < -0.4 is 5.32 Å². The van der Waals surface area contributed by atoms with Gasteiger partial charge in [-0.2, -0.15) is 5.10 Å². The number of hydrogen-bond acceptors (Lipinski definition) is 4. The number of nitrogens with zero attached hydrogens (tertiary/aromatic N) is 2. The van der Waals surface area contributed by atoms with E-state index in [9.17, 15) is 9.59 Å². The summed E-state index contributed by atoms with van der Waals surface area (Å²) in [5.74, 6) is -0.543. The molecule has 0 radical (unpaired) electrons. The van der Waals surface area contributed by atoms with Crippen molar-refractivity contribution >= 4 is 17.6 Å². The van der Waals surface area contributed by atoms with Crippen LogP contribution >= 0.6 is 0 Å². The van der Waals surface area contributed by atoms with E-state index >= 15 is 0 Å². The van der Waals surface area contributed by atoms with Crippen molar-refractivity contribution in [1.29, 1.82) is 0 Å². The Morgan fingerprint density at radius 3 is 2.57 bits per heavy atom. The van der Waals surface area contributed by atoms with Crippen molar-refractivity contribution in [3.8, 4) is 0 Å². The first-order valence-corrected chi connectivity index (χ1v) is 7.38. The van der Waals surface area contributed by atoms with E-state index in [1.54, 1.807) is 37.7 Å². The maximum atomic E-state index is 12.4. The minimum atomic E-state index is -0.435. The van der Waals surface area contributed by atoms with E-state index in [4.69, 9.17) is 4.74 Å². The number of aromatic nitrogens is 2. The maximum absolute atomic E-state index is 12.4. The fourth-order valence-corrected chi connectivity index (χ4v) is 2.43. The van der Waals surface area contributed by atoms with Crippen molar-refractivity contribution in [1.82, 2.24) is 9.78 Å². The standard InChI is InChI=1S/C17H21N3O3/c1-10-16(11(2)20(5)19-10)17(22)23-12(3)14-7-6-8-15(9-14)18-13(4)21/h6-9,12H,1-5H3,(H,18,21). The number of anilines is 1. The lowest BCUT2D eigenvalue weighted by Gasteiger charge is -2.15. The second-order valence-electron chi connectivity index (χ2n) is 5.52. The number of carbonyl (C=O) groups is 2. The molecule has 2 aromatic rings. The van der Waals surface area contributed by atoms with E-state index in [0.29, 0.717) is 16.9 Å². The molecule has 1 unspecified atom stereocenters. The van der Waals surface area contributed by atoms with Gasteiger partial charge < -0.3 is 10.1 Å². The zero-order chi connectivity index (χ0) is 17.1. The second kappa shape index (κ2) is 6.64. The van der Waals surface area contributed by atoms with E-state index < -0.39 is 12.1 Å². The molecule has 122 valence electrons. The van der Waals surface area contributed by atoms with Crippen LogP contribution in [0.4, 0.5) is 5.69 Å². The van der Waals surface area contributed by atoms with E-state index in [0.717, 1.165) is 11.3 Å². The Morgan fingerprint density at radius 1 is 1.30 bits per heavy atom. The Hall–Kier alpha value is -2.63. The highest BCUT2D eigenvalue weighted by Crippen LogP contribution is 2.23. The van der Waals surface area contributed by atoms with Gasteiger partial charge in [-0.05, 0) is 38.5 Å². The number of aryl methyl sites for hydroxylation is 2. The molecule has 2 rings (SSSR count). The molecule has 0 spiro atoms. The smallest absolute Gasteiger partial charge is 0.342 e. The zero-order valence-electron chi connectivity index (χ0n) is 14.0. The number of amides is 1. The van der Waals surface area contributed by atoms with Crippen LogP contribution in [-0.2, 0) is 16.6 Å². The molecule has 6 nitrogen and oxygen atoms in total. The third-order valence-corrected chi connectivity index (χ3v) is 3.67. The average Bonchev–Trinajstić information content (AvgIpc) is 2.71. The van der Waals surface area contributed by atoms with Crippen molar-refractivity contribution in [3.63, 3.8) is 0 Å². The lowest BCUT2D eigenvalue weighted by Crippen LogP contribution is -2.12. The van der Waals surface area contributed by atoms with Gasteiger partial charge in [0.05, 0.1) is 5.69 Å². The summed E-state index contributed by atoms with van der Waals surface area (Å²) in [6, 6.07) is 7.24. The molecular weight excluding hydrogens is 294 g/mol. The summed E-state index contributed by atoms with van der Waals surface area (Å²) >= 11 is 0. The highest BCUT2D eigenvalue weighted by molar-refractivity contribution is 5.92. The average molecular weight is 315 g/mol. The quantitative estimate of drug-likeness (QED) is 0.880. The number of ether oxygens (including phenoxy) is 1. The molecule has 1 atom stereocenters. The van der Waals surface area contributed by atoms with E-state index in [1.165, 1.54) is 6.92 Å². The van der Waals surface area contributed by atoms with E-state index in [-0.39, 0.29) is 5.91 Å². The van der Waals surface area contributed by atoms with E-state index in [1.807, 2.05) is 19.1 Å². The molecule has 0 aliphatic rings. The molecule has 1 amide bonds. The number of carbonyl (C=O) groups excluding carboxylic acids is 2. The summed E-state index contributed by atoms with van der Waals surface area (Å²) in [4.78, 5) is 23.5. The number of rotatable bonds is 4. The monoisotopic (exact) mass is 315 g/mol. The van der Waals surface area contributed by atoms with Gasteiger partial charge >= 0.3 is 5.97 Å². The summed E-state index contributed by atoms with van der Waals surface area (Å²) in [6.45, 7) is 6.86. The molecule has 1 N–H and O–H groups in total. The Morgan fingerprint density at radius 2 is 2.00 bits per heavy atom. The Bertz CT molecular complexity index is 750. The van der Waals surface area contributed by atoms with Gasteiger partial charge in [-0.25, -0.2) is 4.79 Å². The molecule has 0 saturated carbocycles. The summed E-state index contributed by atoms with van der Waals surface area (Å²) < 4.78 is 7.21. The maximum Gasteiger partial charge on any atom is 0.342 e. The second-order valence-corrected chi connectivity index (χ2v) is 5.52. The van der Waals surface area contributed by atoms with Crippen molar-refractivity contribution in [2.75, 3.05) is 5.32 Å². The highest BCUT2D eigenvalue weighted by Gasteiger charge is 2.21. The molecule has 0 saturated heterocycles. The summed E-state index contributed by atoms with van der Waals surface area (Å²) in [5.41, 5.74) is 3.40. The van der Waals surface area contributed by atoms with Crippen LogP contribution in [0.15, 0.2) is 24.3 Å². The van der Waals surface area contributed by atoms with Crippen molar-refractivity contribution in [3.05, 3.63) is 46.8 Å². The fourth-order valence-electron chi connectivity index (χ4n) is 2.43. The summed E-state index contributed by atoms with van der Waals surface area (Å²) in [5, 5.41) is 6.94. The first-order chi connectivity index (χ1) is 10.8. The molecule has 23 heavy (non-hydrogen) atoms. The fraction of sp³-hybridized carbons (Fsp3) is 0.353. The predicted octanol–water partition coefficient (Wildman–Crippen LogP) is 2.91. The largest absolute Gasteiger partial charge is 0.454 e. The number of hydrogen-bond donors (Lipinski definition) is 1. The van der Waals surface area contributed by atoms with Gasteiger partial charge in [0, 0.05) is 25.4 Å². The molecule has 6 heteroatoms. The Labute approximate surface area is 135 Å². The molecule has 1 aromatic heterocycles. The van der Waals surface area contributed by atoms with Gasteiger partial charge in [0.15, 0.2) is 0 Å². The SMILES string of the molecule is CC(=O)Nc1cccc(C(C)OC(=O)c2c(C)nn(C)c2C)c1. The molecular formula is C17H21N3O3. The first-order valence-electron chi connectivity index (χ1n) is 7.38. The van der Waals surface area contributed by atoms with Crippen LogP contribution in [-0.4, -0.2) is 21.7 Å².